The Morgan fingerprint density at radius 2 is 2.12 bits per heavy atom. The lowest BCUT2D eigenvalue weighted by atomic mass is 9.90. The van der Waals surface area contributed by atoms with Crippen molar-refractivity contribution in [3.05, 3.63) is 33.3 Å². The monoisotopic (exact) mass is 272 g/mol. The molecule has 0 radical (unpaired) electrons. The maximum atomic E-state index is 12.1. The van der Waals surface area contributed by atoms with Crippen LogP contribution in [0.3, 0.4) is 0 Å². The second kappa shape index (κ2) is 4.31. The van der Waals surface area contributed by atoms with Crippen LogP contribution in [0, 0.1) is 11.8 Å². The number of rotatable bonds is 2. The largest absolute Gasteiger partial charge is 0.481 e. The van der Waals surface area contributed by atoms with E-state index in [1.54, 1.807) is 12.1 Å². The average Bonchev–Trinajstić information content (AvgIpc) is 2.56. The maximum absolute atomic E-state index is 12.1. The van der Waals surface area contributed by atoms with Gasteiger partial charge in [0.15, 0.2) is 5.78 Å². The van der Waals surface area contributed by atoms with Crippen molar-refractivity contribution < 1.29 is 14.7 Å². The molecule has 2 unspecified atom stereocenters. The Morgan fingerprint density at radius 1 is 1.47 bits per heavy atom. The molecule has 2 rings (SSSR count). The SMILES string of the molecule is CC(C(=O)O)C1Cc2c(Cl)cc(Cl)cc2C1=O. The van der Waals surface area contributed by atoms with Crippen molar-refractivity contribution in [2.75, 3.05) is 0 Å². The standard InChI is InChI=1S/C12H10Cl2O3/c1-5(12(16)17)7-4-8-9(11(7)15)2-6(13)3-10(8)14/h2-3,5,7H,4H2,1H3,(H,16,17). The fourth-order valence-corrected chi connectivity index (χ4v) is 2.69. The molecule has 0 spiro atoms. The van der Waals surface area contributed by atoms with E-state index in [-0.39, 0.29) is 5.78 Å². The van der Waals surface area contributed by atoms with Crippen LogP contribution in [0.2, 0.25) is 10.0 Å². The summed E-state index contributed by atoms with van der Waals surface area (Å²) in [6.07, 6.45) is 0.373. The lowest BCUT2D eigenvalue weighted by molar-refractivity contribution is -0.142. The van der Waals surface area contributed by atoms with Gasteiger partial charge in [0.2, 0.25) is 0 Å². The van der Waals surface area contributed by atoms with Crippen molar-refractivity contribution in [1.82, 2.24) is 0 Å². The molecule has 0 aliphatic heterocycles. The summed E-state index contributed by atoms with van der Waals surface area (Å²) in [6.45, 7) is 1.53. The maximum Gasteiger partial charge on any atom is 0.306 e. The molecule has 0 amide bonds. The molecule has 0 heterocycles. The molecule has 0 saturated heterocycles. The minimum atomic E-state index is -0.974. The van der Waals surface area contributed by atoms with E-state index >= 15 is 0 Å². The van der Waals surface area contributed by atoms with Crippen LogP contribution < -0.4 is 0 Å². The third kappa shape index (κ3) is 2.05. The topological polar surface area (TPSA) is 54.4 Å². The second-order valence-corrected chi connectivity index (χ2v) is 5.06. The number of Topliss-reactive ketones (excluding diaryl/α,β-unsaturated/α-hetero) is 1. The number of fused-ring (bicyclic) bond motifs is 1. The molecule has 0 fully saturated rings. The first kappa shape index (κ1) is 12.4. The molecule has 2 atom stereocenters. The van der Waals surface area contributed by atoms with Crippen LogP contribution in [0.4, 0.5) is 0 Å². The van der Waals surface area contributed by atoms with E-state index in [1.807, 2.05) is 0 Å². The van der Waals surface area contributed by atoms with Gasteiger partial charge in [0.05, 0.1) is 5.92 Å². The van der Waals surface area contributed by atoms with Gasteiger partial charge in [0.1, 0.15) is 0 Å². The number of aliphatic carboxylic acids is 1. The third-order valence-corrected chi connectivity index (χ3v) is 3.74. The van der Waals surface area contributed by atoms with E-state index in [1.165, 1.54) is 6.92 Å². The van der Waals surface area contributed by atoms with E-state index in [9.17, 15) is 9.59 Å². The number of carbonyl (C=O) groups excluding carboxylic acids is 1. The molecule has 0 bridgehead atoms. The van der Waals surface area contributed by atoms with Crippen molar-refractivity contribution in [1.29, 1.82) is 0 Å². The fourth-order valence-electron chi connectivity index (χ4n) is 2.12. The highest BCUT2D eigenvalue weighted by Crippen LogP contribution is 2.37. The van der Waals surface area contributed by atoms with Crippen molar-refractivity contribution in [2.24, 2.45) is 11.8 Å². The predicted molar refractivity (Wildman–Crippen MR) is 64.8 cm³/mol. The molecule has 0 aromatic heterocycles. The number of halogens is 2. The molecule has 90 valence electrons. The predicted octanol–water partition coefficient (Wildman–Crippen LogP) is 3.07. The summed E-state index contributed by atoms with van der Waals surface area (Å²) in [5, 5.41) is 9.78. The van der Waals surface area contributed by atoms with Gasteiger partial charge < -0.3 is 5.11 Å². The van der Waals surface area contributed by atoms with Crippen LogP contribution >= 0.6 is 23.2 Å². The number of hydrogen-bond acceptors (Lipinski definition) is 2. The zero-order valence-corrected chi connectivity index (χ0v) is 10.5. The van der Waals surface area contributed by atoms with Crippen molar-refractivity contribution in [2.45, 2.75) is 13.3 Å². The van der Waals surface area contributed by atoms with Gasteiger partial charge >= 0.3 is 5.97 Å². The Morgan fingerprint density at radius 3 is 2.71 bits per heavy atom. The van der Waals surface area contributed by atoms with Gasteiger partial charge in [-0.25, -0.2) is 0 Å². The minimum Gasteiger partial charge on any atom is -0.481 e. The first-order chi connectivity index (χ1) is 7.91. The van der Waals surface area contributed by atoms with E-state index in [4.69, 9.17) is 28.3 Å². The number of carboxylic acid groups (broad SMARTS) is 1. The second-order valence-electron chi connectivity index (χ2n) is 4.22. The number of carboxylic acids is 1. The van der Waals surface area contributed by atoms with Gasteiger partial charge in [-0.15, -0.1) is 0 Å². The molecular formula is C12H10Cl2O3. The Kier molecular flexibility index (Phi) is 3.15. The summed E-state index contributed by atoms with van der Waals surface area (Å²) in [4.78, 5) is 23.0. The zero-order chi connectivity index (χ0) is 12.7. The van der Waals surface area contributed by atoms with Crippen LogP contribution in [0.15, 0.2) is 12.1 Å². The molecule has 1 aliphatic carbocycles. The van der Waals surface area contributed by atoms with Crippen molar-refractivity contribution in [3.63, 3.8) is 0 Å². The first-order valence-electron chi connectivity index (χ1n) is 5.16. The Bertz CT molecular complexity index is 511. The first-order valence-corrected chi connectivity index (χ1v) is 5.92. The van der Waals surface area contributed by atoms with Crippen LogP contribution in [0.1, 0.15) is 22.8 Å². The van der Waals surface area contributed by atoms with E-state index in [0.717, 1.165) is 0 Å². The molecule has 5 heteroatoms. The summed E-state index contributed by atoms with van der Waals surface area (Å²) in [5.74, 6) is -2.42. The highest BCUT2D eigenvalue weighted by Gasteiger charge is 2.38. The van der Waals surface area contributed by atoms with Gasteiger partial charge in [0.25, 0.3) is 0 Å². The van der Waals surface area contributed by atoms with Gasteiger partial charge in [-0.1, -0.05) is 30.1 Å². The lowest BCUT2D eigenvalue weighted by Crippen LogP contribution is -2.25. The molecule has 17 heavy (non-hydrogen) atoms. The van der Waals surface area contributed by atoms with E-state index in [0.29, 0.717) is 27.6 Å². The highest BCUT2D eigenvalue weighted by molar-refractivity contribution is 6.36. The summed E-state index contributed by atoms with van der Waals surface area (Å²) in [7, 11) is 0. The number of carbonyl (C=O) groups is 2. The van der Waals surface area contributed by atoms with Crippen LogP contribution in [0.5, 0.6) is 0 Å². The lowest BCUT2D eigenvalue weighted by Gasteiger charge is -2.12. The number of ketones is 1. The Hall–Kier alpha value is -1.06. The number of benzene rings is 1. The van der Waals surface area contributed by atoms with Gasteiger partial charge in [-0.05, 0) is 24.1 Å². The third-order valence-electron chi connectivity index (χ3n) is 3.18. The molecule has 1 aromatic carbocycles. The summed E-state index contributed by atoms with van der Waals surface area (Å²) in [5.41, 5.74) is 1.17. The molecule has 1 aliphatic rings. The summed E-state index contributed by atoms with van der Waals surface area (Å²) < 4.78 is 0. The summed E-state index contributed by atoms with van der Waals surface area (Å²) >= 11 is 11.8. The molecule has 1 aromatic rings. The van der Waals surface area contributed by atoms with Crippen LogP contribution in [-0.2, 0) is 11.2 Å². The normalized spacial score (nSPS) is 20.2. The van der Waals surface area contributed by atoms with Gasteiger partial charge in [-0.3, -0.25) is 9.59 Å². The van der Waals surface area contributed by atoms with Crippen LogP contribution in [-0.4, -0.2) is 16.9 Å². The van der Waals surface area contributed by atoms with Crippen molar-refractivity contribution in [3.8, 4) is 0 Å². The highest BCUT2D eigenvalue weighted by atomic mass is 35.5. The minimum absolute atomic E-state index is 0.181. The van der Waals surface area contributed by atoms with E-state index < -0.39 is 17.8 Å². The molecule has 0 saturated carbocycles. The quantitative estimate of drug-likeness (QED) is 0.900. The average molecular weight is 273 g/mol. The molecule has 1 N–H and O–H groups in total. The smallest absolute Gasteiger partial charge is 0.306 e. The van der Waals surface area contributed by atoms with E-state index in [2.05, 4.69) is 0 Å². The fraction of sp³-hybridized carbons (Fsp3) is 0.333. The Labute approximate surface area is 108 Å². The molecular weight excluding hydrogens is 263 g/mol. The zero-order valence-electron chi connectivity index (χ0n) is 9.04. The molecule has 3 nitrogen and oxygen atoms in total. The van der Waals surface area contributed by atoms with Gasteiger partial charge in [0, 0.05) is 21.5 Å². The number of hydrogen-bond donors (Lipinski definition) is 1. The van der Waals surface area contributed by atoms with Crippen LogP contribution in [0.25, 0.3) is 0 Å². The Balaban J connectivity index is 2.42. The van der Waals surface area contributed by atoms with Gasteiger partial charge in [-0.2, -0.15) is 0 Å². The van der Waals surface area contributed by atoms with Crippen molar-refractivity contribution >= 4 is 35.0 Å². The summed E-state index contributed by atoms with van der Waals surface area (Å²) in [6, 6.07) is 3.13.